The molecular formula is C22H25FN2O6. The van der Waals surface area contributed by atoms with Gasteiger partial charge in [0, 0.05) is 18.7 Å². The predicted molar refractivity (Wildman–Crippen MR) is 109 cm³/mol. The van der Waals surface area contributed by atoms with Crippen LogP contribution in [0.5, 0.6) is 5.75 Å². The Labute approximate surface area is 179 Å². The van der Waals surface area contributed by atoms with Crippen LogP contribution in [-0.2, 0) is 16.1 Å². The average Bonchev–Trinajstić information content (AvgIpc) is 3.04. The number of amides is 2. The van der Waals surface area contributed by atoms with Crippen LogP contribution in [0.4, 0.5) is 4.39 Å². The van der Waals surface area contributed by atoms with Gasteiger partial charge >= 0.3 is 0 Å². The van der Waals surface area contributed by atoms with E-state index in [4.69, 9.17) is 9.47 Å². The molecule has 3 rings (SSSR count). The molecule has 0 aliphatic carbocycles. The smallest absolute Gasteiger partial charge is 0.251 e. The number of ether oxygens (including phenoxy) is 2. The molecule has 0 bridgehead atoms. The van der Waals surface area contributed by atoms with Gasteiger partial charge in [0.05, 0.1) is 19.6 Å². The molecule has 2 aromatic carbocycles. The van der Waals surface area contributed by atoms with Crippen LogP contribution >= 0.6 is 0 Å². The number of hydrogen-bond donors (Lipinski definition) is 4. The molecule has 8 nitrogen and oxygen atoms in total. The number of benzene rings is 2. The molecule has 2 aromatic rings. The van der Waals surface area contributed by atoms with Gasteiger partial charge in [-0.3, -0.25) is 9.59 Å². The van der Waals surface area contributed by atoms with Gasteiger partial charge in [0.1, 0.15) is 29.9 Å². The van der Waals surface area contributed by atoms with Crippen molar-refractivity contribution in [3.63, 3.8) is 0 Å². The number of aliphatic hydroxyl groups excluding tert-OH is 2. The maximum atomic E-state index is 13.2. The molecule has 0 spiro atoms. The minimum Gasteiger partial charge on any atom is -0.497 e. The van der Waals surface area contributed by atoms with Crippen molar-refractivity contribution in [1.29, 1.82) is 0 Å². The number of aliphatic hydroxyl groups is 2. The summed E-state index contributed by atoms with van der Waals surface area (Å²) in [6, 6.07) is 12.4. The number of halogens is 1. The fraction of sp³-hybridized carbons (Fsp3) is 0.364. The van der Waals surface area contributed by atoms with E-state index in [1.807, 2.05) is 12.1 Å². The molecule has 1 aliphatic heterocycles. The van der Waals surface area contributed by atoms with Crippen LogP contribution < -0.4 is 15.4 Å². The van der Waals surface area contributed by atoms with Crippen molar-refractivity contribution in [2.45, 2.75) is 37.4 Å². The lowest BCUT2D eigenvalue weighted by Gasteiger charge is -2.15. The molecule has 0 radical (unpaired) electrons. The van der Waals surface area contributed by atoms with Crippen LogP contribution in [0, 0.1) is 5.82 Å². The highest BCUT2D eigenvalue weighted by molar-refractivity contribution is 5.94. The average molecular weight is 432 g/mol. The lowest BCUT2D eigenvalue weighted by molar-refractivity contribution is -0.125. The van der Waals surface area contributed by atoms with E-state index in [0.29, 0.717) is 12.3 Å². The first kappa shape index (κ1) is 22.7. The van der Waals surface area contributed by atoms with Gasteiger partial charge in [-0.2, -0.15) is 0 Å². The van der Waals surface area contributed by atoms with E-state index < -0.39 is 36.1 Å². The quantitative estimate of drug-likeness (QED) is 0.489. The molecule has 1 aliphatic rings. The third-order valence-corrected chi connectivity index (χ3v) is 5.05. The van der Waals surface area contributed by atoms with Crippen molar-refractivity contribution in [1.82, 2.24) is 10.6 Å². The van der Waals surface area contributed by atoms with Crippen LogP contribution in [-0.4, -0.2) is 60.1 Å². The number of carbonyl (C=O) groups excluding carboxylic acids is 2. The van der Waals surface area contributed by atoms with E-state index in [1.54, 1.807) is 19.2 Å². The summed E-state index contributed by atoms with van der Waals surface area (Å²) in [4.78, 5) is 24.3. The maximum absolute atomic E-state index is 13.2. The zero-order valence-electron chi connectivity index (χ0n) is 17.0. The van der Waals surface area contributed by atoms with Crippen molar-refractivity contribution in [2.24, 2.45) is 0 Å². The SMILES string of the molecule is COc1ccc(CNC(=O)CC2OC(CNC(=O)c3cccc(F)c3)C(O)C2O)cc1. The van der Waals surface area contributed by atoms with E-state index >= 15 is 0 Å². The monoisotopic (exact) mass is 432 g/mol. The first-order valence-corrected chi connectivity index (χ1v) is 9.82. The molecule has 4 N–H and O–H groups in total. The summed E-state index contributed by atoms with van der Waals surface area (Å²) < 4.78 is 23.9. The first-order chi connectivity index (χ1) is 14.9. The van der Waals surface area contributed by atoms with E-state index in [2.05, 4.69) is 10.6 Å². The van der Waals surface area contributed by atoms with E-state index in [1.165, 1.54) is 18.2 Å². The molecule has 9 heteroatoms. The van der Waals surface area contributed by atoms with Crippen molar-refractivity contribution in [3.05, 3.63) is 65.5 Å². The van der Waals surface area contributed by atoms with Gasteiger partial charge in [-0.25, -0.2) is 4.39 Å². The Bertz CT molecular complexity index is 907. The fourth-order valence-corrected chi connectivity index (χ4v) is 3.29. The van der Waals surface area contributed by atoms with Crippen molar-refractivity contribution < 1.29 is 33.7 Å². The second kappa shape index (κ2) is 10.3. The topological polar surface area (TPSA) is 117 Å². The van der Waals surface area contributed by atoms with Gasteiger partial charge in [0.25, 0.3) is 5.91 Å². The Balaban J connectivity index is 1.46. The van der Waals surface area contributed by atoms with Crippen molar-refractivity contribution >= 4 is 11.8 Å². The Kier molecular flexibility index (Phi) is 7.56. The summed E-state index contributed by atoms with van der Waals surface area (Å²) in [7, 11) is 1.57. The van der Waals surface area contributed by atoms with Crippen molar-refractivity contribution in [3.8, 4) is 5.75 Å². The van der Waals surface area contributed by atoms with E-state index in [0.717, 1.165) is 11.6 Å². The van der Waals surface area contributed by atoms with E-state index in [-0.39, 0.29) is 24.4 Å². The van der Waals surface area contributed by atoms with Crippen LogP contribution in [0.1, 0.15) is 22.3 Å². The Hall–Kier alpha value is -3.01. The molecule has 1 saturated heterocycles. The molecular weight excluding hydrogens is 407 g/mol. The van der Waals surface area contributed by atoms with Gasteiger partial charge in [-0.1, -0.05) is 18.2 Å². The lowest BCUT2D eigenvalue weighted by atomic mass is 10.1. The number of hydrogen-bond acceptors (Lipinski definition) is 6. The molecule has 31 heavy (non-hydrogen) atoms. The molecule has 1 heterocycles. The Morgan fingerprint density at radius 3 is 2.45 bits per heavy atom. The molecule has 166 valence electrons. The Morgan fingerprint density at radius 1 is 1.06 bits per heavy atom. The normalized spacial score (nSPS) is 22.7. The minimum absolute atomic E-state index is 0.0997. The summed E-state index contributed by atoms with van der Waals surface area (Å²) >= 11 is 0. The predicted octanol–water partition coefficient (Wildman–Crippen LogP) is 0.760. The molecule has 4 atom stereocenters. The maximum Gasteiger partial charge on any atom is 0.251 e. The largest absolute Gasteiger partial charge is 0.497 e. The molecule has 1 fully saturated rings. The number of methoxy groups -OCH3 is 1. The summed E-state index contributed by atoms with van der Waals surface area (Å²) in [5, 5.41) is 25.7. The summed E-state index contributed by atoms with van der Waals surface area (Å²) in [5.41, 5.74) is 1.00. The molecule has 2 amide bonds. The minimum atomic E-state index is -1.28. The fourth-order valence-electron chi connectivity index (χ4n) is 3.29. The standard InChI is InChI=1S/C22H25FN2O6/c1-30-16-7-5-13(6-8-16)11-24-19(26)10-17-20(27)21(28)18(31-17)12-25-22(29)14-3-2-4-15(23)9-14/h2-9,17-18,20-21,27-28H,10-12H2,1H3,(H,24,26)(H,25,29). The van der Waals surface area contributed by atoms with E-state index in [9.17, 15) is 24.2 Å². The highest BCUT2D eigenvalue weighted by Gasteiger charge is 2.43. The highest BCUT2D eigenvalue weighted by Crippen LogP contribution is 2.23. The van der Waals surface area contributed by atoms with Crippen LogP contribution in [0.3, 0.4) is 0 Å². The van der Waals surface area contributed by atoms with Crippen molar-refractivity contribution in [2.75, 3.05) is 13.7 Å². The second-order valence-corrected chi connectivity index (χ2v) is 7.24. The van der Waals surface area contributed by atoms with Gasteiger partial charge < -0.3 is 30.3 Å². The summed E-state index contributed by atoms with van der Waals surface area (Å²) in [5.74, 6) is -0.718. The third kappa shape index (κ3) is 6.00. The molecule has 0 aromatic heterocycles. The van der Waals surface area contributed by atoms with Gasteiger partial charge in [-0.05, 0) is 35.9 Å². The number of rotatable bonds is 8. The summed E-state index contributed by atoms with van der Waals surface area (Å²) in [6.07, 6.45) is -4.51. The molecule has 0 saturated carbocycles. The zero-order chi connectivity index (χ0) is 22.4. The van der Waals surface area contributed by atoms with Crippen LogP contribution in [0.2, 0.25) is 0 Å². The number of nitrogens with one attached hydrogen (secondary N) is 2. The Morgan fingerprint density at radius 2 is 1.77 bits per heavy atom. The van der Waals surface area contributed by atoms with Crippen LogP contribution in [0.25, 0.3) is 0 Å². The van der Waals surface area contributed by atoms with Crippen LogP contribution in [0.15, 0.2) is 48.5 Å². The van der Waals surface area contributed by atoms with Gasteiger partial charge in [0.15, 0.2) is 0 Å². The second-order valence-electron chi connectivity index (χ2n) is 7.24. The van der Waals surface area contributed by atoms with Gasteiger partial charge in [-0.15, -0.1) is 0 Å². The highest BCUT2D eigenvalue weighted by atomic mass is 19.1. The lowest BCUT2D eigenvalue weighted by Crippen LogP contribution is -2.40. The first-order valence-electron chi connectivity index (χ1n) is 9.82. The third-order valence-electron chi connectivity index (χ3n) is 5.05. The number of carbonyl (C=O) groups is 2. The van der Waals surface area contributed by atoms with Gasteiger partial charge in [0.2, 0.25) is 5.91 Å². The summed E-state index contributed by atoms with van der Waals surface area (Å²) in [6.45, 7) is 0.193. The zero-order valence-corrected chi connectivity index (χ0v) is 17.0. The molecule has 4 unspecified atom stereocenters.